The number of benzene rings is 1. The number of nitrogens with zero attached hydrogens (tertiary/aromatic N) is 6. The van der Waals surface area contributed by atoms with Crippen molar-refractivity contribution < 1.29 is 19.1 Å². The van der Waals surface area contributed by atoms with E-state index in [4.69, 9.17) is 37.7 Å². The highest BCUT2D eigenvalue weighted by Crippen LogP contribution is 2.39. The highest BCUT2D eigenvalue weighted by Gasteiger charge is 2.33. The standard InChI is InChI=1S/C46H50Cl2N8O6/c1-5-61-43(59)26-11-15-30(16-12-26)51-46-50-23-29-21-34(42(58)56(4)40(29)54-46)38-35(25(2)10-19-37(38)48)24-62-44(60)27-13-17-31(18-14-27)52-45-49-22-28-20-33(32-8-6-7-9-36(32)47)41(57)55(3)39(28)53-45/h6-10,19-23,25-27,30-31,35H,5,11-18,24H2,1-4H3,(H,49,52,53)(H,50,51,54). The smallest absolute Gasteiger partial charge is 0.308 e. The summed E-state index contributed by atoms with van der Waals surface area (Å²) in [7, 11) is 3.36. The molecule has 5 aromatic rings. The minimum atomic E-state index is -0.354. The second-order valence-electron chi connectivity index (χ2n) is 16.6. The number of hydrogen-bond donors (Lipinski definition) is 2. The molecular weight excluding hydrogens is 831 g/mol. The van der Waals surface area contributed by atoms with Crippen LogP contribution in [-0.2, 0) is 33.2 Å². The number of pyridine rings is 2. The Balaban J connectivity index is 0.894. The fourth-order valence-corrected chi connectivity index (χ4v) is 9.58. The molecule has 0 spiro atoms. The molecule has 2 unspecified atom stereocenters. The first-order valence-corrected chi connectivity index (χ1v) is 22.1. The maximum atomic E-state index is 14.0. The zero-order chi connectivity index (χ0) is 43.7. The van der Waals surface area contributed by atoms with Crippen molar-refractivity contribution in [2.24, 2.45) is 37.8 Å². The molecule has 0 amide bonds. The summed E-state index contributed by atoms with van der Waals surface area (Å²) in [6.07, 6.45) is 12.8. The minimum absolute atomic E-state index is 0.0329. The SMILES string of the molecule is CCOC(=O)C1CCC(Nc2ncc3cc(C4=C(Cl)C=CC(C)C4COC(=O)C4CCC(Nc5ncc6cc(-c7ccccc7Cl)c(=O)n(C)c6n5)CC4)c(=O)n(C)c3n2)CC1. The van der Waals surface area contributed by atoms with Crippen LogP contribution in [0.2, 0.25) is 5.02 Å². The molecule has 0 aliphatic heterocycles. The van der Waals surface area contributed by atoms with Gasteiger partial charge in [-0.25, -0.2) is 9.97 Å². The highest BCUT2D eigenvalue weighted by molar-refractivity contribution is 6.34. The topological polar surface area (TPSA) is 172 Å². The van der Waals surface area contributed by atoms with Gasteiger partial charge in [0.1, 0.15) is 11.3 Å². The lowest BCUT2D eigenvalue weighted by molar-refractivity contribution is -0.151. The molecule has 0 bridgehead atoms. The molecule has 2 N–H and O–H groups in total. The van der Waals surface area contributed by atoms with Gasteiger partial charge in [0.25, 0.3) is 11.1 Å². The number of hydrogen-bond acceptors (Lipinski definition) is 12. The average molecular weight is 882 g/mol. The van der Waals surface area contributed by atoms with E-state index >= 15 is 0 Å². The number of ether oxygens (including phenoxy) is 2. The van der Waals surface area contributed by atoms with Crippen molar-refractivity contribution >= 4 is 74.7 Å². The monoisotopic (exact) mass is 880 g/mol. The molecule has 2 fully saturated rings. The van der Waals surface area contributed by atoms with Crippen LogP contribution in [0.15, 0.2) is 75.6 Å². The molecule has 1 aromatic carbocycles. The van der Waals surface area contributed by atoms with Gasteiger partial charge in [-0.3, -0.25) is 28.3 Å². The van der Waals surface area contributed by atoms with Crippen molar-refractivity contribution in [1.29, 1.82) is 0 Å². The Morgan fingerprint density at radius 2 is 1.26 bits per heavy atom. The predicted molar refractivity (Wildman–Crippen MR) is 241 cm³/mol. The fourth-order valence-electron chi connectivity index (χ4n) is 9.02. The largest absolute Gasteiger partial charge is 0.466 e. The van der Waals surface area contributed by atoms with Crippen LogP contribution in [-0.4, -0.2) is 66.3 Å². The van der Waals surface area contributed by atoms with Gasteiger partial charge in [0.15, 0.2) is 0 Å². The van der Waals surface area contributed by atoms with Crippen LogP contribution in [0.1, 0.15) is 70.8 Å². The highest BCUT2D eigenvalue weighted by atomic mass is 35.5. The number of halogens is 2. The van der Waals surface area contributed by atoms with Crippen molar-refractivity contribution in [3.63, 3.8) is 0 Å². The quantitative estimate of drug-likeness (QED) is 0.124. The van der Waals surface area contributed by atoms with Gasteiger partial charge in [0.05, 0.1) is 25.0 Å². The Kier molecular flexibility index (Phi) is 12.8. The third-order valence-corrected chi connectivity index (χ3v) is 13.3. The fraction of sp³-hybridized carbons (Fsp3) is 0.435. The molecule has 14 nitrogen and oxygen atoms in total. The summed E-state index contributed by atoms with van der Waals surface area (Å²) in [6.45, 7) is 4.28. The molecule has 324 valence electrons. The molecule has 3 aliphatic carbocycles. The number of aryl methyl sites for hydroxylation is 2. The van der Waals surface area contributed by atoms with Gasteiger partial charge in [-0.2, -0.15) is 9.97 Å². The first-order valence-electron chi connectivity index (χ1n) is 21.3. The van der Waals surface area contributed by atoms with E-state index in [2.05, 4.69) is 25.6 Å². The van der Waals surface area contributed by atoms with E-state index in [0.717, 1.165) is 25.7 Å². The molecule has 3 aliphatic rings. The van der Waals surface area contributed by atoms with Crippen LogP contribution in [0.5, 0.6) is 0 Å². The van der Waals surface area contributed by atoms with Crippen LogP contribution in [0.3, 0.4) is 0 Å². The molecule has 4 heterocycles. The van der Waals surface area contributed by atoms with Crippen molar-refractivity contribution in [2.45, 2.75) is 77.3 Å². The Morgan fingerprint density at radius 3 is 1.81 bits per heavy atom. The maximum Gasteiger partial charge on any atom is 0.308 e. The van der Waals surface area contributed by atoms with E-state index in [-0.39, 0.29) is 65.4 Å². The molecule has 8 rings (SSSR count). The number of nitrogens with one attached hydrogen (secondary N) is 2. The van der Waals surface area contributed by atoms with E-state index in [9.17, 15) is 19.2 Å². The van der Waals surface area contributed by atoms with Gasteiger partial charge in [-0.1, -0.05) is 54.4 Å². The second-order valence-corrected chi connectivity index (χ2v) is 17.4. The zero-order valence-corrected chi connectivity index (χ0v) is 36.7. The number of carbonyl (C=O) groups excluding carboxylic acids is 2. The summed E-state index contributed by atoms with van der Waals surface area (Å²) in [6, 6.07) is 10.9. The Bertz CT molecular complexity index is 2720. The number of allylic oxidation sites excluding steroid dienone is 3. The van der Waals surface area contributed by atoms with E-state index in [1.807, 2.05) is 38.1 Å². The van der Waals surface area contributed by atoms with Crippen LogP contribution in [0, 0.1) is 23.7 Å². The molecule has 0 radical (unpaired) electrons. The molecule has 2 saturated carbocycles. The van der Waals surface area contributed by atoms with Gasteiger partial charge >= 0.3 is 11.9 Å². The Labute approximate surface area is 368 Å². The third-order valence-electron chi connectivity index (χ3n) is 12.6. The van der Waals surface area contributed by atoms with Crippen LogP contribution in [0.25, 0.3) is 38.8 Å². The molecule has 4 aromatic heterocycles. The number of carbonyl (C=O) groups is 2. The summed E-state index contributed by atoms with van der Waals surface area (Å²) < 4.78 is 14.2. The zero-order valence-electron chi connectivity index (χ0n) is 35.2. The van der Waals surface area contributed by atoms with Crippen molar-refractivity contribution in [2.75, 3.05) is 23.8 Å². The van der Waals surface area contributed by atoms with Crippen LogP contribution >= 0.6 is 23.2 Å². The van der Waals surface area contributed by atoms with Gasteiger partial charge in [-0.15, -0.1) is 0 Å². The molecule has 62 heavy (non-hydrogen) atoms. The molecule has 0 saturated heterocycles. The van der Waals surface area contributed by atoms with Gasteiger partial charge in [-0.05, 0) is 94.1 Å². The first kappa shape index (κ1) is 43.1. The van der Waals surface area contributed by atoms with E-state index in [0.29, 0.717) is 98.6 Å². The van der Waals surface area contributed by atoms with E-state index < -0.39 is 0 Å². The minimum Gasteiger partial charge on any atom is -0.466 e. The van der Waals surface area contributed by atoms with E-state index in [1.54, 1.807) is 50.8 Å². The second kappa shape index (κ2) is 18.4. The van der Waals surface area contributed by atoms with Gasteiger partial charge < -0.3 is 20.1 Å². The van der Waals surface area contributed by atoms with Crippen molar-refractivity contribution in [3.8, 4) is 11.1 Å². The van der Waals surface area contributed by atoms with Crippen molar-refractivity contribution in [3.05, 3.63) is 97.3 Å². The van der Waals surface area contributed by atoms with Crippen LogP contribution < -0.4 is 21.8 Å². The molecular formula is C46H50Cl2N8O6. The lowest BCUT2D eigenvalue weighted by atomic mass is 9.80. The summed E-state index contributed by atoms with van der Waals surface area (Å²) in [5.41, 5.74) is 2.66. The predicted octanol–water partition coefficient (Wildman–Crippen LogP) is 7.81. The Morgan fingerprint density at radius 1 is 0.742 bits per heavy atom. The van der Waals surface area contributed by atoms with E-state index in [1.165, 1.54) is 9.13 Å². The first-order chi connectivity index (χ1) is 29.9. The number of anilines is 2. The summed E-state index contributed by atoms with van der Waals surface area (Å²) in [5, 5.41) is 9.09. The number of fused-ring (bicyclic) bond motifs is 2. The summed E-state index contributed by atoms with van der Waals surface area (Å²) in [4.78, 5) is 71.6. The molecule has 16 heteroatoms. The van der Waals surface area contributed by atoms with Crippen LogP contribution in [0.4, 0.5) is 11.9 Å². The Hall–Kier alpha value is -5.60. The lowest BCUT2D eigenvalue weighted by Crippen LogP contribution is -2.33. The number of aromatic nitrogens is 6. The average Bonchev–Trinajstić information content (AvgIpc) is 3.27. The van der Waals surface area contributed by atoms with Crippen molar-refractivity contribution in [1.82, 2.24) is 29.1 Å². The van der Waals surface area contributed by atoms with Gasteiger partial charge in [0.2, 0.25) is 11.9 Å². The number of esters is 2. The third kappa shape index (κ3) is 8.85. The normalized spacial score (nSPS) is 22.7. The lowest BCUT2D eigenvalue weighted by Gasteiger charge is -2.31. The summed E-state index contributed by atoms with van der Waals surface area (Å²) >= 11 is 13.3. The summed E-state index contributed by atoms with van der Waals surface area (Å²) in [5.74, 6) is -0.375. The molecule has 2 atom stereocenters. The maximum absolute atomic E-state index is 14.0. The van der Waals surface area contributed by atoms with Gasteiger partial charge in [0, 0.05) is 82.0 Å². The number of rotatable bonds is 11.